The van der Waals surface area contributed by atoms with Crippen LogP contribution in [0.1, 0.15) is 11.1 Å². The molecule has 0 spiro atoms. The highest BCUT2D eigenvalue weighted by Gasteiger charge is 2.15. The molecular weight excluding hydrogens is 319 g/mol. The molecule has 1 N–H and O–H groups in total. The van der Waals surface area contributed by atoms with Crippen LogP contribution in [-0.4, -0.2) is 22.6 Å². The van der Waals surface area contributed by atoms with Gasteiger partial charge in [0.25, 0.3) is 0 Å². The van der Waals surface area contributed by atoms with Crippen molar-refractivity contribution in [1.29, 1.82) is 0 Å². The Kier molecular flexibility index (Phi) is 4.79. The summed E-state index contributed by atoms with van der Waals surface area (Å²) in [5, 5.41) is 9.95. The lowest BCUT2D eigenvalue weighted by Gasteiger charge is -2.06. The predicted molar refractivity (Wildman–Crippen MR) is 71.6 cm³/mol. The maximum Gasteiger partial charge on any atom is 0.338 e. The minimum absolute atomic E-state index is 0.0127. The van der Waals surface area contributed by atoms with Gasteiger partial charge in [-0.1, -0.05) is 52.4 Å². The number of carbonyl (C=O) groups is 1. The number of carbonyl (C=O) groups excluding carboxylic acids is 1. The van der Waals surface area contributed by atoms with Gasteiger partial charge in [-0.05, 0) is 6.92 Å². The van der Waals surface area contributed by atoms with Gasteiger partial charge in [-0.15, -0.1) is 0 Å². The molecule has 0 aliphatic rings. The summed E-state index contributed by atoms with van der Waals surface area (Å²) >= 11 is 2.02. The number of alkyl halides is 1. The molecule has 0 bridgehead atoms. The number of halogens is 1. The van der Waals surface area contributed by atoms with Crippen molar-refractivity contribution in [3.8, 4) is 0 Å². The van der Waals surface area contributed by atoms with Crippen molar-refractivity contribution in [2.45, 2.75) is 6.92 Å². The van der Waals surface area contributed by atoms with E-state index in [0.29, 0.717) is 9.99 Å². The van der Waals surface area contributed by atoms with E-state index < -0.39 is 5.97 Å². The fraction of sp³-hybridized carbons (Fsp3) is 0.250. The topological polar surface area (TPSA) is 46.5 Å². The molecule has 0 atom stereocenters. The van der Waals surface area contributed by atoms with Gasteiger partial charge in [0.15, 0.2) is 0 Å². The lowest BCUT2D eigenvalue weighted by atomic mass is 10.1. The quantitative estimate of drug-likeness (QED) is 0.304. The first-order valence-electron chi connectivity index (χ1n) is 4.73. The zero-order valence-corrected chi connectivity index (χ0v) is 11.3. The van der Waals surface area contributed by atoms with E-state index in [9.17, 15) is 9.90 Å². The molecule has 4 heteroatoms. The second-order valence-electron chi connectivity index (χ2n) is 3.32. The van der Waals surface area contributed by atoms with Crippen LogP contribution >= 0.6 is 22.6 Å². The van der Waals surface area contributed by atoms with Gasteiger partial charge in [0.05, 0.1) is 12.7 Å². The molecule has 86 valence electrons. The number of ether oxygens (including phenoxy) is 1. The lowest BCUT2D eigenvalue weighted by Crippen LogP contribution is -2.08. The first-order chi connectivity index (χ1) is 7.60. The van der Waals surface area contributed by atoms with Crippen molar-refractivity contribution in [2.24, 2.45) is 0 Å². The summed E-state index contributed by atoms with van der Waals surface area (Å²) in [6.45, 7) is 1.96. The Hall–Kier alpha value is -1.04. The molecule has 0 aliphatic carbocycles. The van der Waals surface area contributed by atoms with Crippen LogP contribution in [0.25, 0.3) is 5.76 Å². The minimum Gasteiger partial charge on any atom is -0.507 e. The molecule has 16 heavy (non-hydrogen) atoms. The zero-order chi connectivity index (χ0) is 12.1. The second kappa shape index (κ2) is 5.89. The smallest absolute Gasteiger partial charge is 0.338 e. The van der Waals surface area contributed by atoms with Gasteiger partial charge in [-0.3, -0.25) is 0 Å². The van der Waals surface area contributed by atoms with Gasteiger partial charge in [-0.25, -0.2) is 4.79 Å². The van der Waals surface area contributed by atoms with Crippen molar-refractivity contribution in [2.75, 3.05) is 11.5 Å². The number of methoxy groups -OCH3 is 1. The Balaban J connectivity index is 3.14. The van der Waals surface area contributed by atoms with E-state index in [4.69, 9.17) is 0 Å². The summed E-state index contributed by atoms with van der Waals surface area (Å²) in [6, 6.07) is 7.32. The summed E-state index contributed by atoms with van der Waals surface area (Å²) in [5.41, 5.74) is 2.01. The Bertz CT molecular complexity index is 407. The van der Waals surface area contributed by atoms with Gasteiger partial charge in [0.2, 0.25) is 0 Å². The molecule has 1 rings (SSSR count). The van der Waals surface area contributed by atoms with Crippen LogP contribution < -0.4 is 0 Å². The van der Waals surface area contributed by atoms with Crippen molar-refractivity contribution < 1.29 is 14.6 Å². The van der Waals surface area contributed by atoms with E-state index in [-0.39, 0.29) is 11.3 Å². The van der Waals surface area contributed by atoms with Crippen LogP contribution in [-0.2, 0) is 9.53 Å². The maximum absolute atomic E-state index is 11.4. The van der Waals surface area contributed by atoms with Crippen LogP contribution in [0.2, 0.25) is 0 Å². The van der Waals surface area contributed by atoms with Gasteiger partial charge >= 0.3 is 5.97 Å². The summed E-state index contributed by atoms with van der Waals surface area (Å²) < 4.78 is 5.01. The number of aliphatic hydroxyl groups is 1. The van der Waals surface area contributed by atoms with E-state index in [2.05, 4.69) is 4.74 Å². The lowest BCUT2D eigenvalue weighted by molar-refractivity contribution is -0.135. The highest BCUT2D eigenvalue weighted by Crippen LogP contribution is 2.19. The molecule has 0 amide bonds. The fourth-order valence-electron chi connectivity index (χ4n) is 1.22. The molecule has 0 fully saturated rings. The SMILES string of the molecule is COC(=O)/C(CI)=C(/O)c1ccc(C)cc1. The molecule has 0 heterocycles. The Morgan fingerprint density at radius 1 is 1.38 bits per heavy atom. The maximum atomic E-state index is 11.4. The van der Waals surface area contributed by atoms with E-state index in [1.54, 1.807) is 12.1 Å². The molecular formula is C12H13IO3. The van der Waals surface area contributed by atoms with Gasteiger partial charge in [0.1, 0.15) is 5.76 Å². The van der Waals surface area contributed by atoms with Crippen LogP contribution in [0.5, 0.6) is 0 Å². The molecule has 0 unspecified atom stereocenters. The molecule has 1 aromatic carbocycles. The van der Waals surface area contributed by atoms with Crippen LogP contribution in [0.15, 0.2) is 29.8 Å². The van der Waals surface area contributed by atoms with Crippen molar-refractivity contribution in [1.82, 2.24) is 0 Å². The summed E-state index contributed by atoms with van der Waals surface area (Å²) in [6.07, 6.45) is 0. The van der Waals surface area contributed by atoms with E-state index in [1.807, 2.05) is 41.6 Å². The molecule has 0 saturated heterocycles. The average Bonchev–Trinajstić information content (AvgIpc) is 2.30. The third-order valence-electron chi connectivity index (χ3n) is 2.18. The zero-order valence-electron chi connectivity index (χ0n) is 9.16. The molecule has 0 saturated carbocycles. The Morgan fingerprint density at radius 3 is 2.38 bits per heavy atom. The second-order valence-corrected chi connectivity index (χ2v) is 4.08. The Labute approximate surface area is 108 Å². The molecule has 0 aliphatic heterocycles. The van der Waals surface area contributed by atoms with Crippen molar-refractivity contribution in [3.63, 3.8) is 0 Å². The summed E-state index contributed by atoms with van der Waals surface area (Å²) in [4.78, 5) is 11.4. The van der Waals surface area contributed by atoms with E-state index in [1.165, 1.54) is 7.11 Å². The predicted octanol–water partition coefficient (Wildman–Crippen LogP) is 2.87. The van der Waals surface area contributed by atoms with E-state index >= 15 is 0 Å². The molecule has 3 nitrogen and oxygen atoms in total. The average molecular weight is 332 g/mol. The molecule has 0 aromatic heterocycles. The number of rotatable bonds is 3. The summed E-state index contributed by atoms with van der Waals surface area (Å²) in [7, 11) is 1.30. The van der Waals surface area contributed by atoms with Gasteiger partial charge in [-0.2, -0.15) is 0 Å². The first-order valence-corrected chi connectivity index (χ1v) is 6.26. The minimum atomic E-state index is -0.493. The van der Waals surface area contributed by atoms with Crippen molar-refractivity contribution in [3.05, 3.63) is 41.0 Å². The largest absolute Gasteiger partial charge is 0.507 e. The summed E-state index contributed by atoms with van der Waals surface area (Å²) in [5.74, 6) is -0.506. The molecule has 0 radical (unpaired) electrons. The number of benzene rings is 1. The number of aliphatic hydroxyl groups excluding tert-OH is 1. The fourth-order valence-corrected chi connectivity index (χ4v) is 1.90. The number of hydrogen-bond acceptors (Lipinski definition) is 3. The third kappa shape index (κ3) is 2.98. The van der Waals surface area contributed by atoms with Crippen LogP contribution in [0, 0.1) is 6.92 Å². The highest BCUT2D eigenvalue weighted by molar-refractivity contribution is 14.1. The first kappa shape index (κ1) is 13.0. The number of esters is 1. The van der Waals surface area contributed by atoms with Crippen molar-refractivity contribution >= 4 is 34.3 Å². The Morgan fingerprint density at radius 2 is 1.94 bits per heavy atom. The monoisotopic (exact) mass is 332 g/mol. The highest BCUT2D eigenvalue weighted by atomic mass is 127. The van der Waals surface area contributed by atoms with Crippen LogP contribution in [0.4, 0.5) is 0 Å². The normalized spacial score (nSPS) is 11.9. The standard InChI is InChI=1S/C12H13IO3/c1-8-3-5-9(6-4-8)11(14)10(7-13)12(15)16-2/h3-6,14H,7H2,1-2H3/b11-10+. The van der Waals surface area contributed by atoms with Gasteiger partial charge < -0.3 is 9.84 Å². The number of hydrogen-bond donors (Lipinski definition) is 1. The third-order valence-corrected chi connectivity index (χ3v) is 2.94. The van der Waals surface area contributed by atoms with Crippen LogP contribution in [0.3, 0.4) is 0 Å². The van der Waals surface area contributed by atoms with E-state index in [0.717, 1.165) is 5.56 Å². The van der Waals surface area contributed by atoms with Gasteiger partial charge in [0, 0.05) is 9.99 Å². The molecule has 1 aromatic rings. The number of aryl methyl sites for hydroxylation is 1.